The lowest BCUT2D eigenvalue weighted by molar-refractivity contribution is 0.568. The molecule has 0 atom stereocenters. The van der Waals surface area contributed by atoms with Crippen LogP contribution in [0.25, 0.3) is 0 Å². The van der Waals surface area contributed by atoms with Gasteiger partial charge in [0.2, 0.25) is 0 Å². The first kappa shape index (κ1) is 14.7. The molecular weight excluding hydrogens is 310 g/mol. The topological polar surface area (TPSA) is 59.1 Å². The summed E-state index contributed by atoms with van der Waals surface area (Å²) in [5.74, 6) is -1.97. The smallest absolute Gasteiger partial charge is 0.262 e. The van der Waals surface area contributed by atoms with Crippen LogP contribution >= 0.6 is 11.6 Å². The van der Waals surface area contributed by atoms with Gasteiger partial charge < -0.3 is 0 Å². The summed E-state index contributed by atoms with van der Waals surface area (Å²) in [6.07, 6.45) is 1.41. The highest BCUT2D eigenvalue weighted by Gasteiger charge is 2.19. The number of aromatic nitrogens is 1. The van der Waals surface area contributed by atoms with Crippen LogP contribution < -0.4 is 4.72 Å². The lowest BCUT2D eigenvalue weighted by Gasteiger charge is -2.11. The molecule has 1 aromatic carbocycles. The number of rotatable bonds is 3. The summed E-state index contributed by atoms with van der Waals surface area (Å²) in [6, 6.07) is 3.56. The number of hydrogen-bond acceptors (Lipinski definition) is 3. The average Bonchev–Trinajstić information content (AvgIpc) is 2.33. The fourth-order valence-corrected chi connectivity index (χ4v) is 3.01. The zero-order valence-corrected chi connectivity index (χ0v) is 11.8. The molecule has 0 radical (unpaired) electrons. The number of pyridine rings is 1. The van der Waals surface area contributed by atoms with E-state index < -0.39 is 26.6 Å². The summed E-state index contributed by atoms with van der Waals surface area (Å²) in [4.78, 5) is 3.21. The molecule has 0 unspecified atom stereocenters. The minimum absolute atomic E-state index is 0.0505. The molecule has 0 aliphatic heterocycles. The standard InChI is InChI=1S/C12H9ClF2N2O2S/c1-7-2-3-16-12(13)11(7)17-20(18,19)10-5-8(14)4-9(15)6-10/h2-6,17H,1H3. The highest BCUT2D eigenvalue weighted by Crippen LogP contribution is 2.26. The van der Waals surface area contributed by atoms with E-state index in [1.165, 1.54) is 6.20 Å². The van der Waals surface area contributed by atoms with E-state index in [2.05, 4.69) is 9.71 Å². The Morgan fingerprint density at radius 2 is 1.80 bits per heavy atom. The fourth-order valence-electron chi connectivity index (χ4n) is 1.52. The minimum atomic E-state index is -4.16. The Morgan fingerprint density at radius 3 is 2.35 bits per heavy atom. The summed E-state index contributed by atoms with van der Waals surface area (Å²) in [5.41, 5.74) is 0.601. The molecule has 1 heterocycles. The molecule has 1 aromatic heterocycles. The molecule has 2 rings (SSSR count). The molecule has 0 amide bonds. The van der Waals surface area contributed by atoms with E-state index >= 15 is 0 Å². The van der Waals surface area contributed by atoms with Crippen LogP contribution in [0, 0.1) is 18.6 Å². The number of hydrogen-bond donors (Lipinski definition) is 1. The highest BCUT2D eigenvalue weighted by molar-refractivity contribution is 7.92. The number of nitrogens with one attached hydrogen (secondary N) is 1. The first-order chi connectivity index (χ1) is 9.29. The zero-order chi connectivity index (χ0) is 14.9. The Labute approximate surface area is 119 Å². The number of anilines is 1. The maximum absolute atomic E-state index is 13.1. The lowest BCUT2D eigenvalue weighted by atomic mass is 10.3. The predicted octanol–water partition coefficient (Wildman–Crippen LogP) is 3.12. The van der Waals surface area contributed by atoms with Crippen molar-refractivity contribution in [2.45, 2.75) is 11.8 Å². The van der Waals surface area contributed by atoms with Gasteiger partial charge in [0.1, 0.15) is 11.6 Å². The Hall–Kier alpha value is -1.73. The lowest BCUT2D eigenvalue weighted by Crippen LogP contribution is -2.15. The van der Waals surface area contributed by atoms with Gasteiger partial charge in [0.15, 0.2) is 5.15 Å². The zero-order valence-electron chi connectivity index (χ0n) is 10.2. The van der Waals surface area contributed by atoms with Gasteiger partial charge in [-0.25, -0.2) is 22.2 Å². The summed E-state index contributed by atoms with van der Waals surface area (Å²) >= 11 is 5.80. The van der Waals surface area contributed by atoms with Crippen molar-refractivity contribution in [2.24, 2.45) is 0 Å². The molecule has 0 aliphatic rings. The summed E-state index contributed by atoms with van der Waals surface area (Å²) < 4.78 is 52.5. The number of benzene rings is 1. The van der Waals surface area contributed by atoms with Crippen LogP contribution in [0.5, 0.6) is 0 Å². The maximum Gasteiger partial charge on any atom is 0.262 e. The number of sulfonamides is 1. The van der Waals surface area contributed by atoms with E-state index in [0.717, 1.165) is 0 Å². The van der Waals surface area contributed by atoms with E-state index in [9.17, 15) is 17.2 Å². The van der Waals surface area contributed by atoms with Gasteiger partial charge in [0.25, 0.3) is 10.0 Å². The molecule has 0 saturated heterocycles. The van der Waals surface area contributed by atoms with E-state index in [0.29, 0.717) is 23.8 Å². The van der Waals surface area contributed by atoms with Gasteiger partial charge in [0.05, 0.1) is 10.6 Å². The molecule has 106 valence electrons. The van der Waals surface area contributed by atoms with E-state index in [4.69, 9.17) is 11.6 Å². The second-order valence-corrected chi connectivity index (χ2v) is 6.04. The van der Waals surface area contributed by atoms with Crippen LogP contribution in [0.2, 0.25) is 5.15 Å². The SMILES string of the molecule is Cc1ccnc(Cl)c1NS(=O)(=O)c1cc(F)cc(F)c1. The second-order valence-electron chi connectivity index (χ2n) is 4.00. The minimum Gasteiger partial charge on any atom is -0.276 e. The highest BCUT2D eigenvalue weighted by atomic mass is 35.5. The average molecular weight is 319 g/mol. The van der Waals surface area contributed by atoms with Crippen LogP contribution in [-0.4, -0.2) is 13.4 Å². The van der Waals surface area contributed by atoms with Crippen molar-refractivity contribution in [1.82, 2.24) is 4.98 Å². The maximum atomic E-state index is 13.1. The summed E-state index contributed by atoms with van der Waals surface area (Å²) in [7, 11) is -4.16. The number of aryl methyl sites for hydroxylation is 1. The quantitative estimate of drug-likeness (QED) is 0.885. The van der Waals surface area contributed by atoms with E-state index in [-0.39, 0.29) is 10.8 Å². The van der Waals surface area contributed by atoms with Crippen LogP contribution in [0.4, 0.5) is 14.5 Å². The van der Waals surface area contributed by atoms with Crippen LogP contribution in [0.15, 0.2) is 35.4 Å². The predicted molar refractivity (Wildman–Crippen MR) is 71.2 cm³/mol. The van der Waals surface area contributed by atoms with Gasteiger partial charge in [-0.1, -0.05) is 11.6 Å². The first-order valence-electron chi connectivity index (χ1n) is 5.39. The molecule has 0 aliphatic carbocycles. The Bertz CT molecular complexity index is 726. The Balaban J connectivity index is 2.46. The molecule has 20 heavy (non-hydrogen) atoms. The van der Waals surface area contributed by atoms with Crippen molar-refractivity contribution in [2.75, 3.05) is 4.72 Å². The third kappa shape index (κ3) is 3.05. The molecule has 8 heteroatoms. The van der Waals surface area contributed by atoms with Gasteiger partial charge in [-0.3, -0.25) is 4.72 Å². The third-order valence-corrected chi connectivity index (χ3v) is 4.11. The second kappa shape index (κ2) is 5.34. The summed E-state index contributed by atoms with van der Waals surface area (Å²) in [6.45, 7) is 1.62. The van der Waals surface area contributed by atoms with E-state index in [1.54, 1.807) is 13.0 Å². The number of halogens is 3. The first-order valence-corrected chi connectivity index (χ1v) is 7.26. The van der Waals surface area contributed by atoms with Crippen molar-refractivity contribution >= 4 is 27.3 Å². The summed E-state index contributed by atoms with van der Waals surface area (Å²) in [5, 5.41) is -0.0505. The molecule has 0 fully saturated rings. The van der Waals surface area contributed by atoms with Crippen molar-refractivity contribution in [3.63, 3.8) is 0 Å². The third-order valence-electron chi connectivity index (χ3n) is 2.50. The molecule has 0 spiro atoms. The largest absolute Gasteiger partial charge is 0.276 e. The van der Waals surface area contributed by atoms with Gasteiger partial charge in [-0.05, 0) is 30.7 Å². The fraction of sp³-hybridized carbons (Fsp3) is 0.0833. The van der Waals surface area contributed by atoms with Gasteiger partial charge in [-0.2, -0.15) is 0 Å². The van der Waals surface area contributed by atoms with Crippen LogP contribution in [0.1, 0.15) is 5.56 Å². The molecular formula is C12H9ClF2N2O2S. The molecule has 0 bridgehead atoms. The molecule has 2 aromatic rings. The van der Waals surface area contributed by atoms with Crippen molar-refractivity contribution in [3.05, 3.63) is 52.8 Å². The van der Waals surface area contributed by atoms with Crippen molar-refractivity contribution in [3.8, 4) is 0 Å². The van der Waals surface area contributed by atoms with Gasteiger partial charge >= 0.3 is 0 Å². The van der Waals surface area contributed by atoms with Crippen LogP contribution in [-0.2, 0) is 10.0 Å². The van der Waals surface area contributed by atoms with E-state index in [1.807, 2.05) is 0 Å². The molecule has 4 nitrogen and oxygen atoms in total. The molecule has 1 N–H and O–H groups in total. The normalized spacial score (nSPS) is 11.4. The van der Waals surface area contributed by atoms with Gasteiger partial charge in [0, 0.05) is 12.3 Å². The van der Waals surface area contributed by atoms with Crippen molar-refractivity contribution in [1.29, 1.82) is 0 Å². The molecule has 0 saturated carbocycles. The van der Waals surface area contributed by atoms with Gasteiger partial charge in [-0.15, -0.1) is 0 Å². The Morgan fingerprint density at radius 1 is 1.20 bits per heavy atom. The van der Waals surface area contributed by atoms with Crippen LogP contribution in [0.3, 0.4) is 0 Å². The van der Waals surface area contributed by atoms with Crippen molar-refractivity contribution < 1.29 is 17.2 Å². The monoisotopic (exact) mass is 318 g/mol. The Kier molecular flexibility index (Phi) is 3.92. The number of nitrogens with zero attached hydrogens (tertiary/aromatic N) is 1.